The van der Waals surface area contributed by atoms with Gasteiger partial charge in [0.15, 0.2) is 0 Å². The molecule has 0 amide bonds. The molecule has 0 unspecified atom stereocenters. The zero-order valence-corrected chi connectivity index (χ0v) is 22.0. The summed E-state index contributed by atoms with van der Waals surface area (Å²) >= 11 is 0. The van der Waals surface area contributed by atoms with Crippen molar-refractivity contribution in [2.24, 2.45) is 0 Å². The fraction of sp³-hybridized carbons (Fsp3) is 0.300. The van der Waals surface area contributed by atoms with Gasteiger partial charge in [-0.25, -0.2) is 0 Å². The van der Waals surface area contributed by atoms with Crippen LogP contribution in [-0.4, -0.2) is 25.7 Å². The molecule has 0 radical (unpaired) electrons. The molecule has 1 heterocycles. The molecule has 0 spiro atoms. The first-order valence-corrected chi connectivity index (χ1v) is 12.1. The maximum Gasteiger partial charge on any atom is 0.416 e. The van der Waals surface area contributed by atoms with Gasteiger partial charge in [0.2, 0.25) is 0 Å². The zero-order valence-electron chi connectivity index (χ0n) is 22.0. The standard InChI is InChI=1S/C30H30F3NO4/c1-18-16-29(2,3)34-24-12-11-21(22-15-20(30(31,32)33)10-13-26(22)36-4)23(28(18)24)17-38-25-9-7-6-8-19(25)14-27(35)37-5/h6-13,15-16,34H,14,17H2,1-5H3. The number of allylic oxidation sites excluding steroid dienone is 1. The van der Waals surface area contributed by atoms with Crippen LogP contribution in [-0.2, 0) is 28.7 Å². The van der Waals surface area contributed by atoms with Gasteiger partial charge in [-0.15, -0.1) is 0 Å². The minimum absolute atomic E-state index is 0.0303. The van der Waals surface area contributed by atoms with Crippen molar-refractivity contribution in [3.8, 4) is 22.6 Å². The Balaban J connectivity index is 1.87. The molecule has 38 heavy (non-hydrogen) atoms. The molecule has 1 aliphatic heterocycles. The number of para-hydroxylation sites is 1. The number of anilines is 1. The second kappa shape index (κ2) is 10.4. The van der Waals surface area contributed by atoms with Crippen LogP contribution in [0, 0.1) is 0 Å². The molecule has 200 valence electrons. The van der Waals surface area contributed by atoms with E-state index in [1.54, 1.807) is 30.3 Å². The molecule has 0 saturated carbocycles. The monoisotopic (exact) mass is 525 g/mol. The van der Waals surface area contributed by atoms with Crippen LogP contribution in [0.3, 0.4) is 0 Å². The van der Waals surface area contributed by atoms with E-state index in [1.165, 1.54) is 20.3 Å². The van der Waals surface area contributed by atoms with E-state index in [0.717, 1.165) is 29.0 Å². The lowest BCUT2D eigenvalue weighted by atomic mass is 9.85. The van der Waals surface area contributed by atoms with Gasteiger partial charge >= 0.3 is 12.1 Å². The molecule has 5 nitrogen and oxygen atoms in total. The number of esters is 1. The number of rotatable bonds is 7. The van der Waals surface area contributed by atoms with E-state index in [1.807, 2.05) is 26.8 Å². The average Bonchev–Trinajstić information content (AvgIpc) is 2.86. The summed E-state index contributed by atoms with van der Waals surface area (Å²) in [6.45, 7) is 6.11. The Morgan fingerprint density at radius 3 is 2.39 bits per heavy atom. The number of methoxy groups -OCH3 is 2. The molecule has 0 aliphatic carbocycles. The molecular weight excluding hydrogens is 495 g/mol. The summed E-state index contributed by atoms with van der Waals surface area (Å²) in [6, 6.07) is 14.2. The van der Waals surface area contributed by atoms with Gasteiger partial charge in [0.25, 0.3) is 0 Å². The highest BCUT2D eigenvalue weighted by molar-refractivity contribution is 5.88. The first-order valence-electron chi connectivity index (χ1n) is 12.1. The van der Waals surface area contributed by atoms with Crippen molar-refractivity contribution in [3.05, 3.63) is 82.9 Å². The van der Waals surface area contributed by atoms with E-state index < -0.39 is 17.7 Å². The molecule has 0 saturated heterocycles. The molecule has 0 bridgehead atoms. The molecule has 4 rings (SSSR count). The lowest BCUT2D eigenvalue weighted by Crippen LogP contribution is -2.32. The predicted octanol–water partition coefficient (Wildman–Crippen LogP) is 7.28. The molecular formula is C30H30F3NO4. The third-order valence-electron chi connectivity index (χ3n) is 6.47. The third kappa shape index (κ3) is 5.64. The van der Waals surface area contributed by atoms with Crippen LogP contribution in [0.15, 0.2) is 60.7 Å². The molecule has 0 fully saturated rings. The highest BCUT2D eigenvalue weighted by atomic mass is 19.4. The van der Waals surface area contributed by atoms with Crippen LogP contribution in [0.5, 0.6) is 11.5 Å². The number of carbonyl (C=O) groups is 1. The summed E-state index contributed by atoms with van der Waals surface area (Å²) < 4.78 is 57.5. The Kier molecular flexibility index (Phi) is 7.44. The molecule has 3 aromatic carbocycles. The highest BCUT2D eigenvalue weighted by Gasteiger charge is 2.32. The van der Waals surface area contributed by atoms with E-state index in [9.17, 15) is 18.0 Å². The van der Waals surface area contributed by atoms with Gasteiger partial charge in [-0.3, -0.25) is 4.79 Å². The number of ether oxygens (including phenoxy) is 3. The van der Waals surface area contributed by atoms with Gasteiger partial charge in [0, 0.05) is 27.9 Å². The van der Waals surface area contributed by atoms with Crippen molar-refractivity contribution in [1.82, 2.24) is 0 Å². The molecule has 3 aromatic rings. The minimum atomic E-state index is -4.51. The van der Waals surface area contributed by atoms with E-state index >= 15 is 0 Å². The molecule has 1 N–H and O–H groups in total. The normalized spacial score (nSPS) is 14.2. The molecule has 0 aromatic heterocycles. The van der Waals surface area contributed by atoms with Crippen molar-refractivity contribution in [2.45, 2.75) is 45.5 Å². The lowest BCUT2D eigenvalue weighted by molar-refractivity contribution is -0.140. The zero-order chi connectivity index (χ0) is 27.7. The van der Waals surface area contributed by atoms with Gasteiger partial charge in [-0.2, -0.15) is 13.2 Å². The Bertz CT molecular complexity index is 1390. The quantitative estimate of drug-likeness (QED) is 0.329. The first kappa shape index (κ1) is 27.1. The minimum Gasteiger partial charge on any atom is -0.496 e. The van der Waals surface area contributed by atoms with E-state index in [0.29, 0.717) is 33.8 Å². The van der Waals surface area contributed by atoms with Crippen LogP contribution < -0.4 is 14.8 Å². The SMILES string of the molecule is COC(=O)Cc1ccccc1OCc1c(-c2cc(C(F)(F)F)ccc2OC)ccc2c1C(C)=CC(C)(C)N2. The van der Waals surface area contributed by atoms with Gasteiger partial charge in [0.1, 0.15) is 18.1 Å². The number of hydrogen-bond acceptors (Lipinski definition) is 5. The number of benzene rings is 3. The third-order valence-corrected chi connectivity index (χ3v) is 6.47. The Labute approximate surface area is 220 Å². The number of alkyl halides is 3. The van der Waals surface area contributed by atoms with Crippen LogP contribution in [0.1, 0.15) is 43.0 Å². The second-order valence-corrected chi connectivity index (χ2v) is 9.75. The van der Waals surface area contributed by atoms with E-state index in [-0.39, 0.29) is 18.6 Å². The smallest absolute Gasteiger partial charge is 0.416 e. The Hall–Kier alpha value is -3.94. The van der Waals surface area contributed by atoms with Crippen LogP contribution in [0.4, 0.5) is 18.9 Å². The summed E-state index contributed by atoms with van der Waals surface area (Å²) in [7, 11) is 2.75. The van der Waals surface area contributed by atoms with Crippen LogP contribution in [0.25, 0.3) is 16.7 Å². The molecule has 1 aliphatic rings. The lowest BCUT2D eigenvalue weighted by Gasteiger charge is -2.33. The van der Waals surface area contributed by atoms with E-state index in [2.05, 4.69) is 11.4 Å². The number of nitrogens with one attached hydrogen (secondary N) is 1. The van der Waals surface area contributed by atoms with Crippen molar-refractivity contribution in [3.63, 3.8) is 0 Å². The summed E-state index contributed by atoms with van der Waals surface area (Å²) in [5.74, 6) is 0.400. The number of carbonyl (C=O) groups excluding carboxylic acids is 1. The molecule has 8 heteroatoms. The summed E-state index contributed by atoms with van der Waals surface area (Å²) in [5, 5.41) is 3.49. The molecule has 0 atom stereocenters. The summed E-state index contributed by atoms with van der Waals surface area (Å²) in [4.78, 5) is 11.9. The van der Waals surface area contributed by atoms with Crippen molar-refractivity contribution >= 4 is 17.2 Å². The number of hydrogen-bond donors (Lipinski definition) is 1. The second-order valence-electron chi connectivity index (χ2n) is 9.75. The van der Waals surface area contributed by atoms with Gasteiger partial charge in [0.05, 0.1) is 31.7 Å². The van der Waals surface area contributed by atoms with Gasteiger partial charge < -0.3 is 19.5 Å². The maximum atomic E-state index is 13.7. The number of fused-ring (bicyclic) bond motifs is 1. The van der Waals surface area contributed by atoms with Crippen LogP contribution in [0.2, 0.25) is 0 Å². The summed E-state index contributed by atoms with van der Waals surface area (Å²) in [6.07, 6.45) is -2.40. The maximum absolute atomic E-state index is 13.7. The Morgan fingerprint density at radius 2 is 1.71 bits per heavy atom. The average molecular weight is 526 g/mol. The fourth-order valence-electron chi connectivity index (χ4n) is 4.86. The highest BCUT2D eigenvalue weighted by Crippen LogP contribution is 2.44. The topological polar surface area (TPSA) is 56.8 Å². The van der Waals surface area contributed by atoms with Crippen molar-refractivity contribution < 1.29 is 32.2 Å². The Morgan fingerprint density at radius 1 is 0.974 bits per heavy atom. The van der Waals surface area contributed by atoms with Gasteiger partial charge in [-0.05, 0) is 62.2 Å². The summed E-state index contributed by atoms with van der Waals surface area (Å²) in [5.41, 5.74) is 3.82. The van der Waals surface area contributed by atoms with Crippen molar-refractivity contribution in [2.75, 3.05) is 19.5 Å². The van der Waals surface area contributed by atoms with Crippen LogP contribution >= 0.6 is 0 Å². The fourth-order valence-corrected chi connectivity index (χ4v) is 4.86. The first-order chi connectivity index (χ1) is 17.9. The van der Waals surface area contributed by atoms with Crippen molar-refractivity contribution in [1.29, 1.82) is 0 Å². The van der Waals surface area contributed by atoms with Gasteiger partial charge in [-0.1, -0.05) is 30.3 Å². The predicted molar refractivity (Wildman–Crippen MR) is 141 cm³/mol. The van der Waals surface area contributed by atoms with E-state index in [4.69, 9.17) is 14.2 Å². The largest absolute Gasteiger partial charge is 0.496 e. The number of halogens is 3.